The van der Waals surface area contributed by atoms with Crippen LogP contribution in [0, 0.1) is 5.82 Å². The number of fused-ring (bicyclic) bond motifs is 1. The van der Waals surface area contributed by atoms with Crippen molar-refractivity contribution in [3.05, 3.63) is 88.8 Å². The molecule has 0 aliphatic rings. The Morgan fingerprint density at radius 2 is 1.88 bits per heavy atom. The van der Waals surface area contributed by atoms with Crippen molar-refractivity contribution in [2.45, 2.75) is 6.42 Å². The predicted molar refractivity (Wildman–Crippen MR) is 95.8 cm³/mol. The molecule has 118 valence electrons. The molecule has 4 aromatic rings. The molecule has 24 heavy (non-hydrogen) atoms. The lowest BCUT2D eigenvalue weighted by atomic mass is 10.1. The molecule has 0 bridgehead atoms. The summed E-state index contributed by atoms with van der Waals surface area (Å²) in [4.78, 5) is 8.90. The van der Waals surface area contributed by atoms with Gasteiger partial charge in [0.15, 0.2) is 0 Å². The van der Waals surface area contributed by atoms with Crippen LogP contribution in [0.5, 0.6) is 0 Å². The van der Waals surface area contributed by atoms with Gasteiger partial charge < -0.3 is 4.57 Å². The Kier molecular flexibility index (Phi) is 3.86. The second-order valence-electron chi connectivity index (χ2n) is 5.57. The van der Waals surface area contributed by atoms with E-state index in [1.165, 1.54) is 12.1 Å². The van der Waals surface area contributed by atoms with Gasteiger partial charge in [-0.3, -0.25) is 4.98 Å². The van der Waals surface area contributed by atoms with Crippen molar-refractivity contribution in [1.29, 1.82) is 0 Å². The van der Waals surface area contributed by atoms with E-state index >= 15 is 0 Å². The molecule has 2 aromatic carbocycles. The number of imidazole rings is 1. The lowest BCUT2D eigenvalue weighted by molar-refractivity contribution is 0.627. The second-order valence-corrected chi connectivity index (χ2v) is 6.48. The van der Waals surface area contributed by atoms with Gasteiger partial charge in [0.1, 0.15) is 5.82 Å². The molecular weight excluding hydrogens is 369 g/mol. The Labute approximate surface area is 146 Å². The summed E-state index contributed by atoms with van der Waals surface area (Å²) in [5.74, 6) is -0.228. The van der Waals surface area contributed by atoms with E-state index in [4.69, 9.17) is 4.98 Å². The first-order chi connectivity index (χ1) is 11.7. The van der Waals surface area contributed by atoms with Crippen molar-refractivity contribution in [3.63, 3.8) is 0 Å². The third-order valence-electron chi connectivity index (χ3n) is 3.88. The zero-order chi connectivity index (χ0) is 16.5. The lowest BCUT2D eigenvalue weighted by Gasteiger charge is -2.11. The van der Waals surface area contributed by atoms with Gasteiger partial charge in [-0.05, 0) is 42.0 Å². The van der Waals surface area contributed by atoms with E-state index < -0.39 is 0 Å². The highest BCUT2D eigenvalue weighted by Gasteiger charge is 2.09. The third-order valence-corrected chi connectivity index (χ3v) is 4.38. The van der Waals surface area contributed by atoms with Gasteiger partial charge in [0.2, 0.25) is 0 Å². The minimum absolute atomic E-state index is 0.228. The predicted octanol–water partition coefficient (Wildman–Crippen LogP) is 4.91. The first kappa shape index (κ1) is 15.0. The normalized spacial score (nSPS) is 11.1. The first-order valence-corrected chi connectivity index (χ1v) is 8.30. The number of halogens is 2. The number of aromatic nitrogens is 3. The average Bonchev–Trinajstić information content (AvgIpc) is 3.10. The summed E-state index contributed by atoms with van der Waals surface area (Å²) in [5, 5.41) is 1.05. The van der Waals surface area contributed by atoms with Crippen molar-refractivity contribution in [1.82, 2.24) is 14.5 Å². The largest absolute Gasteiger partial charge is 0.306 e. The van der Waals surface area contributed by atoms with E-state index in [0.29, 0.717) is 6.42 Å². The number of nitrogens with zero attached hydrogens (tertiary/aromatic N) is 3. The maximum atomic E-state index is 13.1. The van der Waals surface area contributed by atoms with Gasteiger partial charge in [-0.15, -0.1) is 0 Å². The Balaban J connectivity index is 1.85. The van der Waals surface area contributed by atoms with Gasteiger partial charge >= 0.3 is 0 Å². The van der Waals surface area contributed by atoms with Crippen molar-refractivity contribution in [2.24, 2.45) is 0 Å². The van der Waals surface area contributed by atoms with Crippen molar-refractivity contribution in [2.75, 3.05) is 0 Å². The molecule has 0 fully saturated rings. The van der Waals surface area contributed by atoms with E-state index in [1.54, 1.807) is 24.7 Å². The molecule has 0 aliphatic carbocycles. The molecule has 0 atom stereocenters. The molecule has 0 radical (unpaired) electrons. The van der Waals surface area contributed by atoms with E-state index in [9.17, 15) is 4.39 Å². The standard InChI is InChI=1S/C19H13BrFN3/c20-14-3-6-17-18(10-14)23-16(9-13-1-4-15(21)5-2-13)11-19(17)24-8-7-22-12-24/h1-8,10-12H,9H2. The SMILES string of the molecule is Fc1ccc(Cc2cc(-n3ccnc3)c3ccc(Br)cc3n2)cc1. The molecule has 0 aliphatic heterocycles. The van der Waals surface area contributed by atoms with E-state index in [2.05, 4.69) is 27.0 Å². The average molecular weight is 382 g/mol. The summed E-state index contributed by atoms with van der Waals surface area (Å²) in [5.41, 5.74) is 3.89. The monoisotopic (exact) mass is 381 g/mol. The third kappa shape index (κ3) is 2.95. The summed E-state index contributed by atoms with van der Waals surface area (Å²) in [6, 6.07) is 14.6. The van der Waals surface area contributed by atoms with Crippen LogP contribution in [0.3, 0.4) is 0 Å². The molecule has 3 nitrogen and oxygen atoms in total. The minimum Gasteiger partial charge on any atom is -0.306 e. The molecule has 0 saturated heterocycles. The molecule has 5 heteroatoms. The van der Waals surface area contributed by atoms with E-state index in [-0.39, 0.29) is 5.82 Å². The molecule has 0 unspecified atom stereocenters. The molecule has 2 heterocycles. The topological polar surface area (TPSA) is 30.7 Å². The van der Waals surface area contributed by atoms with Crippen LogP contribution >= 0.6 is 15.9 Å². The van der Waals surface area contributed by atoms with Crippen LogP contribution in [-0.2, 0) is 6.42 Å². The fourth-order valence-corrected chi connectivity index (χ4v) is 3.10. The lowest BCUT2D eigenvalue weighted by Crippen LogP contribution is -1.99. The number of hydrogen-bond donors (Lipinski definition) is 0. The summed E-state index contributed by atoms with van der Waals surface area (Å²) in [6.45, 7) is 0. The van der Waals surface area contributed by atoms with E-state index in [1.807, 2.05) is 29.0 Å². The zero-order valence-corrected chi connectivity index (χ0v) is 14.2. The van der Waals surface area contributed by atoms with Crippen LogP contribution in [-0.4, -0.2) is 14.5 Å². The number of benzene rings is 2. The summed E-state index contributed by atoms with van der Waals surface area (Å²) >= 11 is 3.50. The molecule has 0 spiro atoms. The molecular formula is C19H13BrFN3. The number of rotatable bonds is 3. The maximum absolute atomic E-state index is 13.1. The highest BCUT2D eigenvalue weighted by atomic mass is 79.9. The van der Waals surface area contributed by atoms with Gasteiger partial charge in [-0.1, -0.05) is 28.1 Å². The molecule has 0 saturated carbocycles. The molecule has 0 N–H and O–H groups in total. The number of hydrogen-bond acceptors (Lipinski definition) is 2. The fourth-order valence-electron chi connectivity index (χ4n) is 2.75. The quantitative estimate of drug-likeness (QED) is 0.504. The van der Waals surface area contributed by atoms with Gasteiger partial charge in [0.05, 0.1) is 17.5 Å². The maximum Gasteiger partial charge on any atom is 0.123 e. The highest BCUT2D eigenvalue weighted by molar-refractivity contribution is 9.10. The zero-order valence-electron chi connectivity index (χ0n) is 12.7. The summed E-state index contributed by atoms with van der Waals surface area (Å²) in [7, 11) is 0. The molecule has 0 amide bonds. The minimum atomic E-state index is -0.228. The number of pyridine rings is 1. The van der Waals surface area contributed by atoms with Crippen molar-refractivity contribution in [3.8, 4) is 5.69 Å². The van der Waals surface area contributed by atoms with Gasteiger partial charge in [-0.25, -0.2) is 9.37 Å². The van der Waals surface area contributed by atoms with Crippen LogP contribution in [0.25, 0.3) is 16.6 Å². The van der Waals surface area contributed by atoms with Crippen LogP contribution < -0.4 is 0 Å². The van der Waals surface area contributed by atoms with Crippen LogP contribution in [0.2, 0.25) is 0 Å². The van der Waals surface area contributed by atoms with Gasteiger partial charge in [-0.2, -0.15) is 0 Å². The van der Waals surface area contributed by atoms with Crippen LogP contribution in [0.1, 0.15) is 11.3 Å². The highest BCUT2D eigenvalue weighted by Crippen LogP contribution is 2.26. The summed E-state index contributed by atoms with van der Waals surface area (Å²) < 4.78 is 16.1. The van der Waals surface area contributed by atoms with Crippen LogP contribution in [0.4, 0.5) is 4.39 Å². The molecule has 2 aromatic heterocycles. The van der Waals surface area contributed by atoms with E-state index in [0.717, 1.165) is 32.3 Å². The fraction of sp³-hybridized carbons (Fsp3) is 0.0526. The second kappa shape index (κ2) is 6.17. The molecule has 4 rings (SSSR count). The smallest absolute Gasteiger partial charge is 0.123 e. The Hall–Kier alpha value is -2.53. The van der Waals surface area contributed by atoms with Gasteiger partial charge in [0.25, 0.3) is 0 Å². The summed E-state index contributed by atoms with van der Waals surface area (Å²) in [6.07, 6.45) is 6.09. The van der Waals surface area contributed by atoms with Crippen molar-refractivity contribution >= 4 is 26.8 Å². The Morgan fingerprint density at radius 3 is 2.62 bits per heavy atom. The van der Waals surface area contributed by atoms with Crippen LogP contribution in [0.15, 0.2) is 71.7 Å². The van der Waals surface area contributed by atoms with Gasteiger partial charge in [0, 0.05) is 34.4 Å². The first-order valence-electron chi connectivity index (χ1n) is 7.51. The van der Waals surface area contributed by atoms with Crippen molar-refractivity contribution < 1.29 is 4.39 Å². The Bertz CT molecular complexity index is 995. The Morgan fingerprint density at radius 1 is 1.04 bits per heavy atom.